The van der Waals surface area contributed by atoms with E-state index >= 15 is 0 Å². The fourth-order valence-electron chi connectivity index (χ4n) is 3.32. The first-order chi connectivity index (χ1) is 11.0. The van der Waals surface area contributed by atoms with Gasteiger partial charge in [-0.1, -0.05) is 32.0 Å². The minimum Gasteiger partial charge on any atom is -0.465 e. The van der Waals surface area contributed by atoms with Crippen molar-refractivity contribution in [3.8, 4) is 0 Å². The molecule has 4 nitrogen and oxygen atoms in total. The molecule has 3 rings (SSSR count). The van der Waals surface area contributed by atoms with Crippen molar-refractivity contribution in [2.24, 2.45) is 17.3 Å². The number of benzene rings is 1. The van der Waals surface area contributed by atoms with Crippen LogP contribution in [-0.4, -0.2) is 36.5 Å². The van der Waals surface area contributed by atoms with Gasteiger partial charge in [0.05, 0.1) is 12.5 Å². The average Bonchev–Trinajstić information content (AvgIpc) is 3.22. The molecule has 1 aliphatic carbocycles. The summed E-state index contributed by atoms with van der Waals surface area (Å²) in [5.41, 5.74) is 0.837. The first-order valence-electron chi connectivity index (χ1n) is 8.48. The summed E-state index contributed by atoms with van der Waals surface area (Å²) in [7, 11) is 0. The van der Waals surface area contributed by atoms with Gasteiger partial charge in [0.15, 0.2) is 0 Å². The Morgan fingerprint density at radius 1 is 1.26 bits per heavy atom. The van der Waals surface area contributed by atoms with Gasteiger partial charge in [-0.25, -0.2) is 0 Å². The summed E-state index contributed by atoms with van der Waals surface area (Å²) in [6.45, 7) is 6.09. The molecular weight excluding hydrogens is 290 g/mol. The van der Waals surface area contributed by atoms with Crippen molar-refractivity contribution in [3.63, 3.8) is 0 Å². The molecule has 0 spiro atoms. The van der Waals surface area contributed by atoms with E-state index in [-0.39, 0.29) is 29.1 Å². The monoisotopic (exact) mass is 315 g/mol. The maximum Gasteiger partial charge on any atom is 0.309 e. The predicted octanol–water partition coefficient (Wildman–Crippen LogP) is 3.13. The average molecular weight is 315 g/mol. The molecule has 0 unspecified atom stereocenters. The van der Waals surface area contributed by atoms with Crippen LogP contribution in [0.1, 0.15) is 43.5 Å². The number of esters is 1. The van der Waals surface area contributed by atoms with Gasteiger partial charge in [-0.2, -0.15) is 0 Å². The van der Waals surface area contributed by atoms with Gasteiger partial charge < -0.3 is 9.64 Å². The molecule has 0 radical (unpaired) electrons. The quantitative estimate of drug-likeness (QED) is 0.802. The van der Waals surface area contributed by atoms with Gasteiger partial charge >= 0.3 is 5.97 Å². The van der Waals surface area contributed by atoms with E-state index in [0.717, 1.165) is 31.4 Å². The van der Waals surface area contributed by atoms with Crippen LogP contribution in [0.25, 0.3) is 0 Å². The largest absolute Gasteiger partial charge is 0.465 e. The van der Waals surface area contributed by atoms with Crippen LogP contribution >= 0.6 is 0 Å². The lowest BCUT2D eigenvalue weighted by atomic mass is 9.98. The van der Waals surface area contributed by atoms with Crippen LogP contribution in [0.4, 0.5) is 0 Å². The topological polar surface area (TPSA) is 46.6 Å². The van der Waals surface area contributed by atoms with E-state index in [1.165, 1.54) is 0 Å². The van der Waals surface area contributed by atoms with Crippen LogP contribution in [0.15, 0.2) is 30.3 Å². The molecule has 1 amide bonds. The van der Waals surface area contributed by atoms with E-state index in [2.05, 4.69) is 13.8 Å². The fraction of sp³-hybridized carbons (Fsp3) is 0.579. The molecular formula is C19H25NO3. The maximum atomic E-state index is 12.5. The second kappa shape index (κ2) is 6.34. The second-order valence-corrected chi connectivity index (χ2v) is 7.50. The van der Waals surface area contributed by atoms with Gasteiger partial charge in [0.2, 0.25) is 0 Å². The Labute approximate surface area is 137 Å². The van der Waals surface area contributed by atoms with Crippen LogP contribution < -0.4 is 0 Å². The fourth-order valence-corrected chi connectivity index (χ4v) is 3.32. The summed E-state index contributed by atoms with van der Waals surface area (Å²) < 4.78 is 5.50. The molecule has 0 N–H and O–H groups in total. The predicted molar refractivity (Wildman–Crippen MR) is 87.9 cm³/mol. The zero-order chi connectivity index (χ0) is 16.4. The SMILES string of the molecule is CC1(C)C[C@@H]1C(=O)OC[C@H]1CCCN(C(=O)c2ccccc2)C1. The van der Waals surface area contributed by atoms with E-state index in [9.17, 15) is 9.59 Å². The van der Waals surface area contributed by atoms with Crippen LogP contribution in [0.3, 0.4) is 0 Å². The summed E-state index contributed by atoms with van der Waals surface area (Å²) in [6, 6.07) is 9.37. The minimum absolute atomic E-state index is 0.0631. The lowest BCUT2D eigenvalue weighted by molar-refractivity contribution is -0.147. The highest BCUT2D eigenvalue weighted by Gasteiger charge is 2.51. The Bertz CT molecular complexity index is 582. The van der Waals surface area contributed by atoms with Gasteiger partial charge in [-0.15, -0.1) is 0 Å². The third-order valence-corrected chi connectivity index (χ3v) is 5.09. The van der Waals surface area contributed by atoms with Gasteiger partial charge in [0, 0.05) is 24.6 Å². The number of rotatable bonds is 4. The molecule has 1 aromatic carbocycles. The van der Waals surface area contributed by atoms with Crippen LogP contribution in [0, 0.1) is 17.3 Å². The van der Waals surface area contributed by atoms with Crippen molar-refractivity contribution >= 4 is 11.9 Å². The van der Waals surface area contributed by atoms with Crippen molar-refractivity contribution < 1.29 is 14.3 Å². The van der Waals surface area contributed by atoms with Crippen molar-refractivity contribution in [2.45, 2.75) is 33.1 Å². The Kier molecular flexibility index (Phi) is 4.42. The lowest BCUT2D eigenvalue weighted by Gasteiger charge is -2.32. The van der Waals surface area contributed by atoms with Gasteiger partial charge in [0.25, 0.3) is 5.91 Å². The molecule has 2 atom stereocenters. The van der Waals surface area contributed by atoms with Crippen LogP contribution in [-0.2, 0) is 9.53 Å². The summed E-state index contributed by atoms with van der Waals surface area (Å²) in [5, 5.41) is 0. The Hall–Kier alpha value is -1.84. The molecule has 4 heteroatoms. The van der Waals surface area contributed by atoms with Gasteiger partial charge in [-0.05, 0) is 36.8 Å². The highest BCUT2D eigenvalue weighted by Crippen LogP contribution is 2.52. The standard InChI is InChI=1S/C19H25NO3/c1-19(2)11-16(19)18(22)23-13-14-7-6-10-20(12-14)17(21)15-8-4-3-5-9-15/h3-5,8-9,14,16H,6-7,10-13H2,1-2H3/t14-,16+/m0/s1. The van der Waals surface area contributed by atoms with Gasteiger partial charge in [0.1, 0.15) is 0 Å². The molecule has 1 saturated carbocycles. The summed E-state index contributed by atoms with van der Waals surface area (Å²) in [5.74, 6) is 0.321. The van der Waals surface area contributed by atoms with E-state index in [1.54, 1.807) is 0 Å². The van der Waals surface area contributed by atoms with E-state index in [4.69, 9.17) is 4.74 Å². The van der Waals surface area contributed by atoms with Crippen molar-refractivity contribution in [1.82, 2.24) is 4.90 Å². The molecule has 2 fully saturated rings. The Morgan fingerprint density at radius 3 is 2.61 bits per heavy atom. The van der Waals surface area contributed by atoms with Crippen molar-refractivity contribution in [2.75, 3.05) is 19.7 Å². The number of likely N-dealkylation sites (tertiary alicyclic amines) is 1. The first-order valence-corrected chi connectivity index (χ1v) is 8.48. The zero-order valence-corrected chi connectivity index (χ0v) is 14.0. The Balaban J connectivity index is 1.50. The maximum absolute atomic E-state index is 12.5. The van der Waals surface area contributed by atoms with E-state index in [1.807, 2.05) is 35.2 Å². The Morgan fingerprint density at radius 2 is 1.96 bits per heavy atom. The highest BCUT2D eigenvalue weighted by atomic mass is 16.5. The molecule has 124 valence electrons. The van der Waals surface area contributed by atoms with E-state index < -0.39 is 0 Å². The molecule has 1 heterocycles. The van der Waals surface area contributed by atoms with Crippen LogP contribution in [0.2, 0.25) is 0 Å². The number of hydrogen-bond donors (Lipinski definition) is 0. The molecule has 0 bridgehead atoms. The number of carbonyl (C=O) groups is 2. The second-order valence-electron chi connectivity index (χ2n) is 7.50. The first kappa shape index (κ1) is 16.0. The number of piperidine rings is 1. The highest BCUT2D eigenvalue weighted by molar-refractivity contribution is 5.94. The van der Waals surface area contributed by atoms with Crippen LogP contribution in [0.5, 0.6) is 0 Å². The molecule has 23 heavy (non-hydrogen) atoms. The normalized spacial score (nSPS) is 25.7. The summed E-state index contributed by atoms with van der Waals surface area (Å²) in [6.07, 6.45) is 2.91. The van der Waals surface area contributed by atoms with Gasteiger partial charge in [-0.3, -0.25) is 9.59 Å². The zero-order valence-electron chi connectivity index (χ0n) is 14.0. The minimum atomic E-state index is -0.0680. The lowest BCUT2D eigenvalue weighted by Crippen LogP contribution is -2.41. The third kappa shape index (κ3) is 3.74. The number of carbonyl (C=O) groups excluding carboxylic acids is 2. The van der Waals surface area contributed by atoms with Crippen molar-refractivity contribution in [3.05, 3.63) is 35.9 Å². The molecule has 1 saturated heterocycles. The number of nitrogens with zero attached hydrogens (tertiary/aromatic N) is 1. The number of ether oxygens (including phenoxy) is 1. The van der Waals surface area contributed by atoms with E-state index in [0.29, 0.717) is 13.2 Å². The molecule has 1 aromatic rings. The van der Waals surface area contributed by atoms with Crippen molar-refractivity contribution in [1.29, 1.82) is 0 Å². The third-order valence-electron chi connectivity index (χ3n) is 5.09. The number of amides is 1. The molecule has 2 aliphatic rings. The molecule has 0 aromatic heterocycles. The summed E-state index contributed by atoms with van der Waals surface area (Å²) >= 11 is 0. The molecule has 1 aliphatic heterocycles. The smallest absolute Gasteiger partial charge is 0.309 e. The number of hydrogen-bond acceptors (Lipinski definition) is 3. The summed E-state index contributed by atoms with van der Waals surface area (Å²) in [4.78, 5) is 26.4.